The number of rotatable bonds is 5. The average Bonchev–Trinajstić information content (AvgIpc) is 3.10. The van der Waals surface area contributed by atoms with E-state index in [1.165, 1.54) is 12.8 Å². The highest BCUT2D eigenvalue weighted by Gasteiger charge is 2.16. The van der Waals surface area contributed by atoms with E-state index in [9.17, 15) is 0 Å². The lowest BCUT2D eigenvalue weighted by molar-refractivity contribution is 0.877. The second-order valence-electron chi connectivity index (χ2n) is 5.07. The molecule has 2 aromatic rings. The topological polar surface area (TPSA) is 92.8 Å². The molecule has 1 saturated heterocycles. The maximum absolute atomic E-state index is 5.77. The van der Waals surface area contributed by atoms with Gasteiger partial charge in [0.1, 0.15) is 0 Å². The minimum absolute atomic E-state index is 0.263. The number of aromatic nitrogens is 4. The highest BCUT2D eigenvalue weighted by Crippen LogP contribution is 2.17. The monoisotopic (exact) mass is 305 g/mol. The van der Waals surface area contributed by atoms with E-state index < -0.39 is 0 Å². The van der Waals surface area contributed by atoms with E-state index in [-0.39, 0.29) is 5.95 Å². The summed E-state index contributed by atoms with van der Waals surface area (Å²) < 4.78 is 0. The third-order valence-electron chi connectivity index (χ3n) is 3.32. The Morgan fingerprint density at radius 1 is 1.24 bits per heavy atom. The van der Waals surface area contributed by atoms with Crippen molar-refractivity contribution in [1.82, 2.24) is 19.9 Å². The summed E-state index contributed by atoms with van der Waals surface area (Å²) in [6.45, 7) is 4.71. The molecule has 0 aliphatic carbocycles. The van der Waals surface area contributed by atoms with E-state index >= 15 is 0 Å². The molecule has 0 spiro atoms. The van der Waals surface area contributed by atoms with Crippen LogP contribution in [0.1, 0.15) is 23.5 Å². The Morgan fingerprint density at radius 3 is 2.76 bits per heavy atom. The van der Waals surface area contributed by atoms with Crippen LogP contribution >= 0.6 is 11.3 Å². The first-order valence-electron chi connectivity index (χ1n) is 7.12. The second kappa shape index (κ2) is 6.21. The molecule has 0 radical (unpaired) electrons. The van der Waals surface area contributed by atoms with Gasteiger partial charge < -0.3 is 16.0 Å². The zero-order valence-corrected chi connectivity index (χ0v) is 12.9. The Hall–Kier alpha value is -1.96. The van der Waals surface area contributed by atoms with Crippen LogP contribution in [0, 0.1) is 6.92 Å². The van der Waals surface area contributed by atoms with Crippen LogP contribution in [0.5, 0.6) is 0 Å². The Morgan fingerprint density at radius 2 is 2.05 bits per heavy atom. The number of hydrogen-bond donors (Lipinski definition) is 2. The summed E-state index contributed by atoms with van der Waals surface area (Å²) >= 11 is 1.67. The molecule has 1 aliphatic heterocycles. The van der Waals surface area contributed by atoms with E-state index in [1.807, 2.05) is 6.92 Å². The standard InChI is InChI=1S/C13H19N7S/c1-9-8-21-10(16-9)4-5-15-12-17-11(14)18-13(19-12)20-6-2-3-7-20/h8H,2-7H2,1H3,(H3,14,15,17,18,19). The van der Waals surface area contributed by atoms with Gasteiger partial charge in [-0.1, -0.05) is 0 Å². The SMILES string of the molecule is Cc1csc(CCNc2nc(N)nc(N3CCCC3)n2)n1. The van der Waals surface area contributed by atoms with Crippen molar-refractivity contribution in [2.75, 3.05) is 35.6 Å². The Bertz CT molecular complexity index is 606. The van der Waals surface area contributed by atoms with Gasteiger partial charge in [0.2, 0.25) is 17.8 Å². The zero-order valence-electron chi connectivity index (χ0n) is 12.0. The summed E-state index contributed by atoms with van der Waals surface area (Å²) in [4.78, 5) is 19.4. The smallest absolute Gasteiger partial charge is 0.231 e. The molecular formula is C13H19N7S. The minimum Gasteiger partial charge on any atom is -0.368 e. The molecular weight excluding hydrogens is 286 g/mol. The molecule has 8 heteroatoms. The lowest BCUT2D eigenvalue weighted by atomic mass is 10.4. The van der Waals surface area contributed by atoms with Crippen LogP contribution in [0.4, 0.5) is 17.8 Å². The quantitative estimate of drug-likeness (QED) is 0.864. The molecule has 21 heavy (non-hydrogen) atoms. The molecule has 0 aromatic carbocycles. The highest BCUT2D eigenvalue weighted by atomic mass is 32.1. The lowest BCUT2D eigenvalue weighted by Gasteiger charge is -2.15. The largest absolute Gasteiger partial charge is 0.368 e. The fraction of sp³-hybridized carbons (Fsp3) is 0.538. The molecule has 7 nitrogen and oxygen atoms in total. The van der Waals surface area contributed by atoms with Crippen molar-refractivity contribution >= 4 is 29.2 Å². The third kappa shape index (κ3) is 3.57. The summed E-state index contributed by atoms with van der Waals surface area (Å²) in [5.74, 6) is 1.48. The molecule has 1 fully saturated rings. The number of anilines is 3. The van der Waals surface area contributed by atoms with Gasteiger partial charge in [0.15, 0.2) is 0 Å². The van der Waals surface area contributed by atoms with E-state index in [4.69, 9.17) is 5.73 Å². The lowest BCUT2D eigenvalue weighted by Crippen LogP contribution is -2.22. The molecule has 2 aromatic heterocycles. The van der Waals surface area contributed by atoms with Gasteiger partial charge in [-0.3, -0.25) is 0 Å². The normalized spacial score (nSPS) is 14.6. The molecule has 3 N–H and O–H groups in total. The number of aryl methyl sites for hydroxylation is 1. The third-order valence-corrected chi connectivity index (χ3v) is 4.34. The van der Waals surface area contributed by atoms with Crippen molar-refractivity contribution in [1.29, 1.82) is 0 Å². The highest BCUT2D eigenvalue weighted by molar-refractivity contribution is 7.09. The number of nitrogens with zero attached hydrogens (tertiary/aromatic N) is 5. The second-order valence-corrected chi connectivity index (χ2v) is 6.01. The fourth-order valence-electron chi connectivity index (χ4n) is 2.32. The molecule has 3 rings (SSSR count). The van der Waals surface area contributed by atoms with Gasteiger partial charge in [-0.2, -0.15) is 15.0 Å². The van der Waals surface area contributed by atoms with Crippen molar-refractivity contribution in [2.45, 2.75) is 26.2 Å². The number of hydrogen-bond acceptors (Lipinski definition) is 8. The van der Waals surface area contributed by atoms with Gasteiger partial charge in [0.25, 0.3) is 0 Å². The molecule has 3 heterocycles. The first-order valence-corrected chi connectivity index (χ1v) is 8.00. The molecule has 112 valence electrons. The molecule has 0 bridgehead atoms. The number of nitrogens with one attached hydrogen (secondary N) is 1. The summed E-state index contributed by atoms with van der Waals surface area (Å²) in [5, 5.41) is 6.37. The van der Waals surface area contributed by atoms with Gasteiger partial charge in [-0.15, -0.1) is 11.3 Å². The average molecular weight is 305 g/mol. The van der Waals surface area contributed by atoms with E-state index in [2.05, 4.69) is 35.5 Å². The fourth-order valence-corrected chi connectivity index (χ4v) is 3.09. The van der Waals surface area contributed by atoms with Crippen molar-refractivity contribution in [3.63, 3.8) is 0 Å². The Labute approximate surface area is 127 Å². The van der Waals surface area contributed by atoms with Crippen LogP contribution in [0.2, 0.25) is 0 Å². The minimum atomic E-state index is 0.263. The summed E-state index contributed by atoms with van der Waals surface area (Å²) in [6.07, 6.45) is 3.21. The molecule has 1 aliphatic rings. The predicted molar refractivity (Wildman–Crippen MR) is 84.7 cm³/mol. The van der Waals surface area contributed by atoms with Crippen LogP contribution in [-0.4, -0.2) is 39.6 Å². The summed E-state index contributed by atoms with van der Waals surface area (Å²) in [6, 6.07) is 0. The van der Waals surface area contributed by atoms with E-state index in [1.54, 1.807) is 11.3 Å². The van der Waals surface area contributed by atoms with Gasteiger partial charge in [-0.05, 0) is 19.8 Å². The van der Waals surface area contributed by atoms with Crippen molar-refractivity contribution in [3.8, 4) is 0 Å². The molecule has 0 atom stereocenters. The number of nitrogens with two attached hydrogens (primary N) is 1. The molecule has 0 saturated carbocycles. The van der Waals surface area contributed by atoms with Crippen LogP contribution in [0.15, 0.2) is 5.38 Å². The van der Waals surface area contributed by atoms with Gasteiger partial charge >= 0.3 is 0 Å². The maximum atomic E-state index is 5.77. The summed E-state index contributed by atoms with van der Waals surface area (Å²) in [5.41, 5.74) is 6.84. The summed E-state index contributed by atoms with van der Waals surface area (Å²) in [7, 11) is 0. The maximum Gasteiger partial charge on any atom is 0.231 e. The number of nitrogen functional groups attached to an aromatic ring is 1. The van der Waals surface area contributed by atoms with E-state index in [0.717, 1.165) is 36.8 Å². The van der Waals surface area contributed by atoms with Gasteiger partial charge in [0, 0.05) is 37.1 Å². The Balaban J connectivity index is 1.61. The van der Waals surface area contributed by atoms with Gasteiger partial charge in [0.05, 0.1) is 5.01 Å². The van der Waals surface area contributed by atoms with Crippen molar-refractivity contribution in [3.05, 3.63) is 16.1 Å². The molecule has 0 unspecified atom stereocenters. The van der Waals surface area contributed by atoms with Crippen molar-refractivity contribution < 1.29 is 0 Å². The van der Waals surface area contributed by atoms with Crippen LogP contribution < -0.4 is 16.0 Å². The van der Waals surface area contributed by atoms with Crippen LogP contribution in [-0.2, 0) is 6.42 Å². The van der Waals surface area contributed by atoms with Gasteiger partial charge in [-0.25, -0.2) is 4.98 Å². The first-order chi connectivity index (χ1) is 10.2. The van der Waals surface area contributed by atoms with Crippen LogP contribution in [0.25, 0.3) is 0 Å². The molecule has 0 amide bonds. The zero-order chi connectivity index (χ0) is 14.7. The number of thiazole rings is 1. The predicted octanol–water partition coefficient (Wildman–Crippen LogP) is 1.47. The van der Waals surface area contributed by atoms with E-state index in [0.29, 0.717) is 11.9 Å². The van der Waals surface area contributed by atoms with Crippen molar-refractivity contribution in [2.24, 2.45) is 0 Å². The first kappa shape index (κ1) is 14.0. The van der Waals surface area contributed by atoms with Crippen LogP contribution in [0.3, 0.4) is 0 Å². The Kier molecular flexibility index (Phi) is 4.14.